The van der Waals surface area contributed by atoms with Crippen LogP contribution in [0.2, 0.25) is 0 Å². The minimum Gasteiger partial charge on any atom is -0.351 e. The first-order valence-electron chi connectivity index (χ1n) is 11.1. The van der Waals surface area contributed by atoms with Gasteiger partial charge >= 0.3 is 0 Å². The number of aromatic nitrogens is 2. The molecule has 0 radical (unpaired) electrons. The zero-order valence-corrected chi connectivity index (χ0v) is 18.5. The van der Waals surface area contributed by atoms with E-state index in [0.717, 1.165) is 56.3 Å². The average molecular weight is 390 g/mol. The number of likely N-dealkylation sites (tertiary alicyclic amines) is 2. The molecule has 2 fully saturated rings. The van der Waals surface area contributed by atoms with Gasteiger partial charge in [-0.2, -0.15) is 0 Å². The van der Waals surface area contributed by atoms with Crippen molar-refractivity contribution in [3.8, 4) is 0 Å². The van der Waals surface area contributed by atoms with Crippen molar-refractivity contribution >= 4 is 5.91 Å². The molecule has 3 heterocycles. The maximum absolute atomic E-state index is 12.7. The van der Waals surface area contributed by atoms with E-state index in [2.05, 4.69) is 52.5 Å². The molecule has 158 valence electrons. The van der Waals surface area contributed by atoms with Crippen LogP contribution in [0.4, 0.5) is 0 Å². The fraction of sp³-hybridized carbons (Fsp3) is 0.818. The van der Waals surface area contributed by atoms with Crippen LogP contribution in [0, 0.1) is 19.8 Å². The smallest absolute Gasteiger partial charge is 0.271 e. The lowest BCUT2D eigenvalue weighted by molar-refractivity contribution is 0.0940. The Labute approximate surface area is 170 Å². The van der Waals surface area contributed by atoms with Gasteiger partial charge < -0.3 is 19.7 Å². The van der Waals surface area contributed by atoms with Crippen LogP contribution in [0.5, 0.6) is 0 Å². The predicted octanol–water partition coefficient (Wildman–Crippen LogP) is 3.01. The highest BCUT2D eigenvalue weighted by molar-refractivity contribution is 5.93. The number of hydrogen-bond donors (Lipinski definition) is 1. The maximum atomic E-state index is 12.7. The van der Waals surface area contributed by atoms with Crippen molar-refractivity contribution in [3.63, 3.8) is 0 Å². The second-order valence-electron chi connectivity index (χ2n) is 9.12. The number of hydrogen-bond acceptors (Lipinski definition) is 4. The molecule has 2 aliphatic rings. The molecule has 2 saturated heterocycles. The van der Waals surface area contributed by atoms with Gasteiger partial charge in [-0.1, -0.05) is 0 Å². The van der Waals surface area contributed by atoms with E-state index in [9.17, 15) is 4.79 Å². The summed E-state index contributed by atoms with van der Waals surface area (Å²) in [7, 11) is 2.18. The summed E-state index contributed by atoms with van der Waals surface area (Å²) in [6.07, 6.45) is 5.83. The first-order valence-corrected chi connectivity index (χ1v) is 11.1. The molecule has 0 spiro atoms. The third kappa shape index (κ3) is 4.95. The molecule has 0 aromatic carbocycles. The van der Waals surface area contributed by atoms with Crippen molar-refractivity contribution in [2.45, 2.75) is 71.9 Å². The zero-order valence-electron chi connectivity index (χ0n) is 18.5. The van der Waals surface area contributed by atoms with Crippen LogP contribution in [0.25, 0.3) is 0 Å². The van der Waals surface area contributed by atoms with Gasteiger partial charge in [0.1, 0.15) is 11.5 Å². The van der Waals surface area contributed by atoms with Crippen molar-refractivity contribution in [3.05, 3.63) is 17.2 Å². The molecular formula is C22H39N5O. The number of nitrogens with zero attached hydrogens (tertiary/aromatic N) is 4. The standard InChI is InChI=1S/C22H39N5O/c1-16(2)26-14-7-19(8-15-26)6-11-23-22(28)21-17(3)27(18(4)24-21)20-9-12-25(5)13-10-20/h16,19-20H,6-15H2,1-5H3,(H,23,28). The Morgan fingerprint density at radius 3 is 2.36 bits per heavy atom. The van der Waals surface area contributed by atoms with E-state index in [4.69, 9.17) is 0 Å². The fourth-order valence-electron chi connectivity index (χ4n) is 4.89. The number of carbonyl (C=O) groups is 1. The minimum atomic E-state index is -0.00751. The Balaban J connectivity index is 1.50. The molecule has 1 N–H and O–H groups in total. The molecule has 1 aromatic heterocycles. The second kappa shape index (κ2) is 9.40. The van der Waals surface area contributed by atoms with Gasteiger partial charge in [0, 0.05) is 24.3 Å². The molecule has 6 heteroatoms. The molecule has 1 aromatic rings. The van der Waals surface area contributed by atoms with E-state index in [1.807, 2.05) is 6.92 Å². The van der Waals surface area contributed by atoms with E-state index in [-0.39, 0.29) is 5.91 Å². The molecule has 0 aliphatic carbocycles. The summed E-state index contributed by atoms with van der Waals surface area (Å²) in [5.41, 5.74) is 1.64. The van der Waals surface area contributed by atoms with Crippen molar-refractivity contribution < 1.29 is 4.79 Å². The Morgan fingerprint density at radius 1 is 1.11 bits per heavy atom. The van der Waals surface area contributed by atoms with Crippen LogP contribution in [0.3, 0.4) is 0 Å². The quantitative estimate of drug-likeness (QED) is 0.813. The van der Waals surface area contributed by atoms with Crippen LogP contribution < -0.4 is 5.32 Å². The van der Waals surface area contributed by atoms with Gasteiger partial charge in [0.2, 0.25) is 0 Å². The SMILES string of the molecule is Cc1nc(C(=O)NCCC2CCN(C(C)C)CC2)c(C)n1C1CCN(C)CC1. The Bertz CT molecular complexity index is 652. The van der Waals surface area contributed by atoms with Gasteiger partial charge in [-0.25, -0.2) is 4.98 Å². The number of rotatable bonds is 6. The summed E-state index contributed by atoms with van der Waals surface area (Å²) in [6.45, 7) is 14.0. The Kier molecular flexibility index (Phi) is 7.15. The maximum Gasteiger partial charge on any atom is 0.271 e. The van der Waals surface area contributed by atoms with Crippen LogP contribution in [0.15, 0.2) is 0 Å². The Morgan fingerprint density at radius 2 is 1.75 bits per heavy atom. The minimum absolute atomic E-state index is 0.00751. The Hall–Kier alpha value is -1.40. The fourth-order valence-corrected chi connectivity index (χ4v) is 4.89. The van der Waals surface area contributed by atoms with Gasteiger partial charge in [-0.05, 0) is 98.9 Å². The largest absolute Gasteiger partial charge is 0.351 e. The van der Waals surface area contributed by atoms with Crippen LogP contribution >= 0.6 is 0 Å². The van der Waals surface area contributed by atoms with Gasteiger partial charge in [0.05, 0.1) is 0 Å². The summed E-state index contributed by atoms with van der Waals surface area (Å²) in [6, 6.07) is 1.11. The van der Waals surface area contributed by atoms with Gasteiger partial charge in [0.25, 0.3) is 5.91 Å². The predicted molar refractivity (Wildman–Crippen MR) is 114 cm³/mol. The number of amides is 1. The lowest BCUT2D eigenvalue weighted by atomic mass is 9.93. The molecule has 1 amide bonds. The second-order valence-corrected chi connectivity index (χ2v) is 9.12. The number of aryl methyl sites for hydroxylation is 1. The molecule has 0 saturated carbocycles. The number of piperidine rings is 2. The van der Waals surface area contributed by atoms with E-state index < -0.39 is 0 Å². The third-order valence-electron chi connectivity index (χ3n) is 6.81. The molecule has 2 aliphatic heterocycles. The third-order valence-corrected chi connectivity index (χ3v) is 6.81. The molecule has 28 heavy (non-hydrogen) atoms. The van der Waals surface area contributed by atoms with E-state index in [1.54, 1.807) is 0 Å². The van der Waals surface area contributed by atoms with Crippen molar-refractivity contribution in [2.24, 2.45) is 5.92 Å². The van der Waals surface area contributed by atoms with Gasteiger partial charge in [-0.3, -0.25) is 4.79 Å². The zero-order chi connectivity index (χ0) is 20.3. The molecule has 0 bridgehead atoms. The van der Waals surface area contributed by atoms with E-state index in [0.29, 0.717) is 17.8 Å². The highest BCUT2D eigenvalue weighted by Crippen LogP contribution is 2.26. The molecule has 0 atom stereocenters. The monoisotopic (exact) mass is 389 g/mol. The van der Waals surface area contributed by atoms with Crippen LogP contribution in [-0.2, 0) is 0 Å². The average Bonchev–Trinajstić information content (AvgIpc) is 2.97. The highest BCUT2D eigenvalue weighted by Gasteiger charge is 2.25. The number of imidazole rings is 1. The molecule has 6 nitrogen and oxygen atoms in total. The first-order chi connectivity index (χ1) is 13.4. The summed E-state index contributed by atoms with van der Waals surface area (Å²) in [4.78, 5) is 22.3. The molecule has 0 unspecified atom stereocenters. The number of carbonyl (C=O) groups excluding carboxylic acids is 1. The topological polar surface area (TPSA) is 53.4 Å². The summed E-state index contributed by atoms with van der Waals surface area (Å²) < 4.78 is 2.30. The number of nitrogens with one attached hydrogen (secondary N) is 1. The lowest BCUT2D eigenvalue weighted by Gasteiger charge is -2.34. The molecule has 3 rings (SSSR count). The van der Waals surface area contributed by atoms with Crippen molar-refractivity contribution in [2.75, 3.05) is 39.8 Å². The highest BCUT2D eigenvalue weighted by atomic mass is 16.1. The normalized spacial score (nSPS) is 20.8. The van der Waals surface area contributed by atoms with Crippen LogP contribution in [-0.4, -0.2) is 71.1 Å². The van der Waals surface area contributed by atoms with Gasteiger partial charge in [0.15, 0.2) is 0 Å². The van der Waals surface area contributed by atoms with Crippen LogP contribution in [0.1, 0.15) is 74.0 Å². The van der Waals surface area contributed by atoms with E-state index >= 15 is 0 Å². The van der Waals surface area contributed by atoms with Crippen molar-refractivity contribution in [1.29, 1.82) is 0 Å². The summed E-state index contributed by atoms with van der Waals surface area (Å²) in [5.74, 6) is 1.69. The van der Waals surface area contributed by atoms with Gasteiger partial charge in [-0.15, -0.1) is 0 Å². The van der Waals surface area contributed by atoms with Crippen molar-refractivity contribution in [1.82, 2.24) is 24.7 Å². The summed E-state index contributed by atoms with van der Waals surface area (Å²) in [5, 5.41) is 3.13. The lowest BCUT2D eigenvalue weighted by Crippen LogP contribution is -2.39. The summed E-state index contributed by atoms with van der Waals surface area (Å²) >= 11 is 0. The first kappa shape index (κ1) is 21.3. The van der Waals surface area contributed by atoms with E-state index in [1.165, 1.54) is 25.9 Å². The molecular weight excluding hydrogens is 350 g/mol.